The summed E-state index contributed by atoms with van der Waals surface area (Å²) in [6.45, 7) is 0.574. The average molecular weight is 461 g/mol. The number of fused-ring (bicyclic) bond motifs is 2. The topological polar surface area (TPSA) is 74.8 Å². The van der Waals surface area contributed by atoms with Crippen molar-refractivity contribution in [3.63, 3.8) is 0 Å². The fourth-order valence-electron chi connectivity index (χ4n) is 3.98. The first-order valence-corrected chi connectivity index (χ1v) is 11.4. The molecule has 5 rings (SSSR count). The molecule has 1 saturated carbocycles. The fraction of sp³-hybridized carbons (Fsp3) is 0.300. The Labute approximate surface area is 171 Å². The predicted molar refractivity (Wildman–Crippen MR) is 107 cm³/mol. The van der Waals surface area contributed by atoms with E-state index in [0.29, 0.717) is 19.4 Å². The highest BCUT2D eigenvalue weighted by Gasteiger charge is 2.49. The second-order valence-electron chi connectivity index (χ2n) is 7.38. The van der Waals surface area contributed by atoms with E-state index in [2.05, 4.69) is 15.9 Å². The summed E-state index contributed by atoms with van der Waals surface area (Å²) in [6.07, 6.45) is 3.13. The van der Waals surface area contributed by atoms with Crippen LogP contribution >= 0.6 is 15.9 Å². The van der Waals surface area contributed by atoms with Crippen LogP contribution in [0.25, 0.3) is 0 Å². The van der Waals surface area contributed by atoms with Crippen LogP contribution in [0.5, 0.6) is 0 Å². The number of sulfonamides is 1. The minimum absolute atomic E-state index is 0.0525. The van der Waals surface area contributed by atoms with Crippen LogP contribution in [0.15, 0.2) is 45.8 Å². The van der Waals surface area contributed by atoms with Gasteiger partial charge in [0.05, 0.1) is 5.56 Å². The SMILES string of the molecule is O=C(c1ccc2c(c1)S(=O)(=O)N(C1CC1)C2=O)N1CCCc2cc(Br)ccc21. The Morgan fingerprint density at radius 3 is 2.64 bits per heavy atom. The molecule has 0 unspecified atom stereocenters. The second-order valence-corrected chi connectivity index (χ2v) is 10.1. The zero-order valence-corrected chi connectivity index (χ0v) is 17.3. The Kier molecular flexibility index (Phi) is 3.93. The third kappa shape index (κ3) is 2.62. The zero-order chi connectivity index (χ0) is 19.6. The molecule has 0 saturated heterocycles. The maximum Gasteiger partial charge on any atom is 0.269 e. The van der Waals surface area contributed by atoms with E-state index in [1.54, 1.807) is 11.0 Å². The number of hydrogen-bond acceptors (Lipinski definition) is 4. The third-order valence-corrected chi connectivity index (χ3v) is 7.85. The van der Waals surface area contributed by atoms with E-state index in [-0.39, 0.29) is 28.0 Å². The van der Waals surface area contributed by atoms with Gasteiger partial charge in [-0.1, -0.05) is 15.9 Å². The highest BCUT2D eigenvalue weighted by atomic mass is 79.9. The molecule has 1 fully saturated rings. The molecule has 2 heterocycles. The molecular weight excluding hydrogens is 444 g/mol. The van der Waals surface area contributed by atoms with Crippen LogP contribution in [-0.2, 0) is 16.4 Å². The van der Waals surface area contributed by atoms with Gasteiger partial charge < -0.3 is 4.90 Å². The van der Waals surface area contributed by atoms with Gasteiger partial charge in [-0.15, -0.1) is 0 Å². The number of aryl methyl sites for hydroxylation is 1. The molecule has 1 aliphatic carbocycles. The van der Waals surface area contributed by atoms with Crippen LogP contribution < -0.4 is 4.90 Å². The van der Waals surface area contributed by atoms with Crippen molar-refractivity contribution in [1.29, 1.82) is 0 Å². The molecule has 8 heteroatoms. The Bertz CT molecular complexity index is 1140. The fourth-order valence-corrected chi connectivity index (χ4v) is 6.23. The molecule has 6 nitrogen and oxygen atoms in total. The molecule has 28 heavy (non-hydrogen) atoms. The molecule has 2 aromatic rings. The molecule has 0 aromatic heterocycles. The summed E-state index contributed by atoms with van der Waals surface area (Å²) in [6, 6.07) is 9.95. The third-order valence-electron chi connectivity index (χ3n) is 5.48. The van der Waals surface area contributed by atoms with Gasteiger partial charge in [-0.05, 0) is 67.6 Å². The number of benzene rings is 2. The highest BCUT2D eigenvalue weighted by Crippen LogP contribution is 2.40. The molecule has 0 spiro atoms. The minimum Gasteiger partial charge on any atom is -0.308 e. The van der Waals surface area contributed by atoms with Crippen molar-refractivity contribution in [3.8, 4) is 0 Å². The van der Waals surface area contributed by atoms with E-state index in [1.165, 1.54) is 12.1 Å². The summed E-state index contributed by atoms with van der Waals surface area (Å²) in [5.41, 5.74) is 2.37. The number of rotatable bonds is 2. The summed E-state index contributed by atoms with van der Waals surface area (Å²) < 4.78 is 27.6. The first kappa shape index (κ1) is 17.9. The Balaban J connectivity index is 1.54. The molecule has 0 atom stereocenters. The highest BCUT2D eigenvalue weighted by molar-refractivity contribution is 9.10. The lowest BCUT2D eigenvalue weighted by atomic mass is 10.0. The summed E-state index contributed by atoms with van der Waals surface area (Å²) in [5.74, 6) is -0.733. The van der Waals surface area contributed by atoms with Crippen molar-refractivity contribution < 1.29 is 18.0 Å². The summed E-state index contributed by atoms with van der Waals surface area (Å²) in [7, 11) is -3.88. The van der Waals surface area contributed by atoms with Crippen molar-refractivity contribution in [2.75, 3.05) is 11.4 Å². The van der Waals surface area contributed by atoms with Crippen LogP contribution in [0.4, 0.5) is 5.69 Å². The quantitative estimate of drug-likeness (QED) is 0.688. The maximum absolute atomic E-state index is 13.2. The summed E-state index contributed by atoms with van der Waals surface area (Å²) in [5, 5.41) is 0. The largest absolute Gasteiger partial charge is 0.308 e. The van der Waals surface area contributed by atoms with Gasteiger partial charge >= 0.3 is 0 Å². The Morgan fingerprint density at radius 1 is 1.11 bits per heavy atom. The van der Waals surface area contributed by atoms with E-state index in [1.807, 2.05) is 18.2 Å². The predicted octanol–water partition coefficient (Wildman–Crippen LogP) is 3.35. The lowest BCUT2D eigenvalue weighted by Gasteiger charge is -2.29. The van der Waals surface area contributed by atoms with Crippen molar-refractivity contribution in [1.82, 2.24) is 4.31 Å². The van der Waals surface area contributed by atoms with E-state index >= 15 is 0 Å². The molecule has 0 N–H and O–H groups in total. The molecule has 0 radical (unpaired) electrons. The monoisotopic (exact) mass is 460 g/mol. The van der Waals surface area contributed by atoms with Gasteiger partial charge in [0.2, 0.25) is 0 Å². The minimum atomic E-state index is -3.88. The van der Waals surface area contributed by atoms with Gasteiger partial charge in [0.1, 0.15) is 4.90 Å². The standard InChI is InChI=1S/C20H17BrN2O4S/c21-14-4-8-17-12(10-14)2-1-9-22(17)19(24)13-3-7-16-18(11-13)28(26,27)23(20(16)25)15-5-6-15/h3-4,7-8,10-11,15H,1-2,5-6,9H2. The maximum atomic E-state index is 13.2. The number of amides is 2. The lowest BCUT2D eigenvalue weighted by molar-refractivity contribution is 0.0864. The average Bonchev–Trinajstić information content (AvgIpc) is 3.48. The van der Waals surface area contributed by atoms with Crippen LogP contribution in [0.2, 0.25) is 0 Å². The van der Waals surface area contributed by atoms with Gasteiger partial charge in [-0.25, -0.2) is 12.7 Å². The first-order valence-electron chi connectivity index (χ1n) is 9.21. The number of carbonyl (C=O) groups is 2. The van der Waals surface area contributed by atoms with E-state index < -0.39 is 15.9 Å². The number of nitrogens with zero attached hydrogens (tertiary/aromatic N) is 2. The van der Waals surface area contributed by atoms with Crippen LogP contribution in [0, 0.1) is 0 Å². The summed E-state index contributed by atoms with van der Waals surface area (Å²) >= 11 is 3.46. The molecule has 2 amide bonds. The number of anilines is 1. The lowest BCUT2D eigenvalue weighted by Crippen LogP contribution is -2.35. The zero-order valence-electron chi connectivity index (χ0n) is 14.9. The van der Waals surface area contributed by atoms with E-state index in [0.717, 1.165) is 32.9 Å². The molecule has 0 bridgehead atoms. The molecule has 3 aliphatic rings. The molecular formula is C20H17BrN2O4S. The number of hydrogen-bond donors (Lipinski definition) is 0. The molecule has 2 aromatic carbocycles. The molecule has 144 valence electrons. The smallest absolute Gasteiger partial charge is 0.269 e. The van der Waals surface area contributed by atoms with Crippen molar-refractivity contribution in [2.45, 2.75) is 36.6 Å². The van der Waals surface area contributed by atoms with Crippen molar-refractivity contribution in [2.24, 2.45) is 0 Å². The second kappa shape index (κ2) is 6.15. The normalized spacial score (nSPS) is 20.1. The van der Waals surface area contributed by atoms with Crippen LogP contribution in [-0.4, -0.2) is 37.1 Å². The summed E-state index contributed by atoms with van der Waals surface area (Å²) in [4.78, 5) is 27.3. The van der Waals surface area contributed by atoms with Gasteiger partial charge in [0, 0.05) is 28.3 Å². The van der Waals surface area contributed by atoms with Gasteiger partial charge in [-0.3, -0.25) is 9.59 Å². The molecule has 2 aliphatic heterocycles. The number of carbonyl (C=O) groups excluding carboxylic acids is 2. The Hall–Kier alpha value is -2.19. The van der Waals surface area contributed by atoms with Crippen LogP contribution in [0.3, 0.4) is 0 Å². The van der Waals surface area contributed by atoms with E-state index in [4.69, 9.17) is 0 Å². The van der Waals surface area contributed by atoms with Crippen molar-refractivity contribution in [3.05, 3.63) is 57.6 Å². The van der Waals surface area contributed by atoms with E-state index in [9.17, 15) is 18.0 Å². The van der Waals surface area contributed by atoms with Crippen molar-refractivity contribution >= 4 is 43.5 Å². The first-order chi connectivity index (χ1) is 13.4. The van der Waals surface area contributed by atoms with Gasteiger partial charge in [0.25, 0.3) is 21.8 Å². The van der Waals surface area contributed by atoms with Gasteiger partial charge in [0.15, 0.2) is 0 Å². The number of halogens is 1. The van der Waals surface area contributed by atoms with Crippen LogP contribution in [0.1, 0.15) is 45.5 Å². The van der Waals surface area contributed by atoms with Gasteiger partial charge in [-0.2, -0.15) is 0 Å². The Morgan fingerprint density at radius 2 is 1.89 bits per heavy atom.